The van der Waals surface area contributed by atoms with E-state index in [1.807, 2.05) is 13.8 Å². The van der Waals surface area contributed by atoms with E-state index >= 15 is 0 Å². The molecule has 0 saturated heterocycles. The maximum absolute atomic E-state index is 11.4. The summed E-state index contributed by atoms with van der Waals surface area (Å²) in [7, 11) is 1.61. The minimum Gasteiger partial charge on any atom is -0.375 e. The van der Waals surface area contributed by atoms with Crippen LogP contribution in [-0.2, 0) is 20.4 Å². The topological polar surface area (TPSA) is 61.2 Å². The maximum atomic E-state index is 11.4. The van der Waals surface area contributed by atoms with Crippen molar-refractivity contribution < 1.29 is 13.2 Å². The van der Waals surface area contributed by atoms with Crippen LogP contribution in [0.5, 0.6) is 0 Å². The van der Waals surface area contributed by atoms with E-state index in [0.29, 0.717) is 12.3 Å². The van der Waals surface area contributed by atoms with Crippen molar-refractivity contribution in [3.05, 3.63) is 11.9 Å². The summed E-state index contributed by atoms with van der Waals surface area (Å²) < 4.78 is 30.0. The lowest BCUT2D eigenvalue weighted by molar-refractivity contribution is 0.109. The maximum Gasteiger partial charge on any atom is 0.264 e. The summed E-state index contributed by atoms with van der Waals surface area (Å²) in [5, 5.41) is 4.05. The second-order valence-corrected chi connectivity index (χ2v) is 6.87. The van der Waals surface area contributed by atoms with Gasteiger partial charge in [-0.25, -0.2) is 8.42 Å². The normalized spacial score (nSPS) is 12.3. The highest BCUT2D eigenvalue weighted by Gasteiger charge is 2.22. The molecule has 1 rings (SSSR count). The van der Waals surface area contributed by atoms with E-state index in [2.05, 4.69) is 12.0 Å². The molecule has 0 fully saturated rings. The fraction of sp³-hybridized carbons (Fsp3) is 0.727. The van der Waals surface area contributed by atoms with Crippen LogP contribution in [0.3, 0.4) is 0 Å². The van der Waals surface area contributed by atoms with Gasteiger partial charge in [-0.2, -0.15) is 5.10 Å². The molecular weight excluding hydrogens is 276 g/mol. The molecule has 0 spiro atoms. The van der Waals surface area contributed by atoms with Gasteiger partial charge in [0.2, 0.25) is 0 Å². The van der Waals surface area contributed by atoms with Crippen LogP contribution in [0.4, 0.5) is 0 Å². The Bertz CT molecular complexity index is 482. The highest BCUT2D eigenvalue weighted by molar-refractivity contribution is 8.13. The summed E-state index contributed by atoms with van der Waals surface area (Å²) >= 11 is 0. The van der Waals surface area contributed by atoms with Crippen molar-refractivity contribution >= 4 is 19.7 Å². The van der Waals surface area contributed by atoms with Gasteiger partial charge in [-0.1, -0.05) is 13.3 Å². The van der Waals surface area contributed by atoms with Crippen LogP contribution in [0.25, 0.3) is 0 Å². The predicted octanol–water partition coefficient (Wildman–Crippen LogP) is 2.71. The zero-order valence-electron chi connectivity index (χ0n) is 10.9. The lowest BCUT2D eigenvalue weighted by Crippen LogP contribution is -2.11. The molecule has 0 bridgehead atoms. The van der Waals surface area contributed by atoms with Gasteiger partial charge in [0.1, 0.15) is 4.90 Å². The van der Waals surface area contributed by atoms with Crippen molar-refractivity contribution in [2.45, 2.75) is 51.2 Å². The van der Waals surface area contributed by atoms with Crippen molar-refractivity contribution in [1.82, 2.24) is 9.78 Å². The van der Waals surface area contributed by atoms with E-state index in [4.69, 9.17) is 15.4 Å². The third-order valence-electron chi connectivity index (χ3n) is 2.49. The molecule has 1 aromatic rings. The van der Waals surface area contributed by atoms with Gasteiger partial charge in [0, 0.05) is 23.3 Å². The van der Waals surface area contributed by atoms with E-state index in [1.54, 1.807) is 4.68 Å². The third kappa shape index (κ3) is 3.96. The lowest BCUT2D eigenvalue weighted by Gasteiger charge is -2.12. The monoisotopic (exact) mass is 294 g/mol. The van der Waals surface area contributed by atoms with Crippen molar-refractivity contribution in [3.8, 4) is 0 Å². The van der Waals surface area contributed by atoms with E-state index in [-0.39, 0.29) is 17.5 Å². The molecule has 0 saturated carbocycles. The molecule has 1 heterocycles. The molecule has 104 valence electrons. The quantitative estimate of drug-likeness (QED) is 0.573. The van der Waals surface area contributed by atoms with Gasteiger partial charge in [0.15, 0.2) is 0 Å². The SMILES string of the molecule is CCCCOCc1c(S(=O)(=O)Cl)cnn1C(C)C. The molecular formula is C11H19ClN2O3S. The summed E-state index contributed by atoms with van der Waals surface area (Å²) in [6, 6.07) is 0.0574. The fourth-order valence-electron chi connectivity index (χ4n) is 1.57. The Kier molecular flexibility index (Phi) is 5.62. The van der Waals surface area contributed by atoms with Crippen molar-refractivity contribution in [1.29, 1.82) is 0 Å². The second-order valence-electron chi connectivity index (χ2n) is 4.34. The third-order valence-corrected chi connectivity index (χ3v) is 3.86. The highest BCUT2D eigenvalue weighted by atomic mass is 35.7. The highest BCUT2D eigenvalue weighted by Crippen LogP contribution is 2.23. The van der Waals surface area contributed by atoms with E-state index in [1.165, 1.54) is 6.20 Å². The minimum atomic E-state index is -3.78. The number of hydrogen-bond donors (Lipinski definition) is 0. The minimum absolute atomic E-state index is 0.0364. The average molecular weight is 295 g/mol. The first-order chi connectivity index (χ1) is 8.38. The molecule has 0 aromatic carbocycles. The first-order valence-electron chi connectivity index (χ1n) is 5.96. The number of ether oxygens (including phenoxy) is 1. The Balaban J connectivity index is 2.94. The van der Waals surface area contributed by atoms with Crippen LogP contribution < -0.4 is 0 Å². The summed E-state index contributed by atoms with van der Waals surface area (Å²) in [4.78, 5) is 0.0364. The number of nitrogens with zero attached hydrogens (tertiary/aromatic N) is 2. The van der Waals surface area contributed by atoms with E-state index in [9.17, 15) is 8.42 Å². The summed E-state index contributed by atoms with van der Waals surface area (Å²) in [6.07, 6.45) is 3.25. The zero-order chi connectivity index (χ0) is 13.8. The number of halogens is 1. The first-order valence-corrected chi connectivity index (χ1v) is 8.27. The molecule has 0 N–H and O–H groups in total. The zero-order valence-corrected chi connectivity index (χ0v) is 12.5. The predicted molar refractivity (Wildman–Crippen MR) is 70.2 cm³/mol. The van der Waals surface area contributed by atoms with Gasteiger partial charge in [-0.15, -0.1) is 0 Å². The van der Waals surface area contributed by atoms with Gasteiger partial charge in [-0.3, -0.25) is 4.68 Å². The molecule has 0 aliphatic heterocycles. The van der Waals surface area contributed by atoms with Gasteiger partial charge < -0.3 is 4.74 Å². The lowest BCUT2D eigenvalue weighted by atomic mass is 10.3. The second kappa shape index (κ2) is 6.54. The number of hydrogen-bond acceptors (Lipinski definition) is 4. The van der Waals surface area contributed by atoms with Crippen LogP contribution in [0.1, 0.15) is 45.3 Å². The smallest absolute Gasteiger partial charge is 0.264 e. The van der Waals surface area contributed by atoms with Crippen molar-refractivity contribution in [2.75, 3.05) is 6.61 Å². The van der Waals surface area contributed by atoms with Crippen LogP contribution in [-0.4, -0.2) is 24.8 Å². The van der Waals surface area contributed by atoms with Gasteiger partial charge in [0.25, 0.3) is 9.05 Å². The van der Waals surface area contributed by atoms with Gasteiger partial charge in [-0.05, 0) is 20.3 Å². The first kappa shape index (κ1) is 15.5. The van der Waals surface area contributed by atoms with Crippen LogP contribution >= 0.6 is 10.7 Å². The molecule has 5 nitrogen and oxygen atoms in total. The molecule has 0 aliphatic rings. The van der Waals surface area contributed by atoms with Crippen LogP contribution in [0, 0.1) is 0 Å². The van der Waals surface area contributed by atoms with E-state index < -0.39 is 9.05 Å². The number of unbranched alkanes of at least 4 members (excludes halogenated alkanes) is 1. The summed E-state index contributed by atoms with van der Waals surface area (Å²) in [5.41, 5.74) is 0.510. The fourth-order valence-corrected chi connectivity index (χ4v) is 2.57. The molecule has 0 atom stereocenters. The summed E-state index contributed by atoms with van der Waals surface area (Å²) in [6.45, 7) is 6.72. The van der Waals surface area contributed by atoms with Gasteiger partial charge in [0.05, 0.1) is 18.5 Å². The molecule has 0 aliphatic carbocycles. The Hall–Kier alpha value is -0.590. The van der Waals surface area contributed by atoms with Crippen LogP contribution in [0.2, 0.25) is 0 Å². The Labute approximate surface area is 113 Å². The van der Waals surface area contributed by atoms with Crippen molar-refractivity contribution in [2.24, 2.45) is 0 Å². The molecule has 7 heteroatoms. The molecule has 0 radical (unpaired) electrons. The number of aromatic nitrogens is 2. The van der Waals surface area contributed by atoms with E-state index in [0.717, 1.165) is 12.8 Å². The molecule has 1 aromatic heterocycles. The molecule has 0 amide bonds. The molecule has 18 heavy (non-hydrogen) atoms. The Morgan fingerprint density at radius 3 is 2.67 bits per heavy atom. The standard InChI is InChI=1S/C11H19ClN2O3S/c1-4-5-6-17-8-10-11(18(12,15)16)7-13-14(10)9(2)3/h7,9H,4-6,8H2,1-3H3. The average Bonchev–Trinajstić information content (AvgIpc) is 2.67. The largest absolute Gasteiger partial charge is 0.375 e. The Morgan fingerprint density at radius 2 is 2.17 bits per heavy atom. The number of rotatable bonds is 7. The Morgan fingerprint density at radius 1 is 1.50 bits per heavy atom. The van der Waals surface area contributed by atoms with Gasteiger partial charge >= 0.3 is 0 Å². The molecule has 0 unspecified atom stereocenters. The van der Waals surface area contributed by atoms with Crippen molar-refractivity contribution in [3.63, 3.8) is 0 Å². The summed E-state index contributed by atoms with van der Waals surface area (Å²) in [5.74, 6) is 0. The van der Waals surface area contributed by atoms with Crippen LogP contribution in [0.15, 0.2) is 11.1 Å².